The Labute approximate surface area is 340 Å². The highest BCUT2D eigenvalue weighted by Gasteiger charge is 2.38. The first kappa shape index (κ1) is 53.7. The standard InChI is InChI=1S/C8H16FN.C8H17NO.C8H17N.2C8H16.C7H15N.CH4/c1-7(2)4-10-5-8(3,9)6-10;1-8(2,3)9-4-6-10-7-5-9;1-7(2)4-9-5-8(3)6-9;1-8(2,3)7-5-4-6-7;1-7(2)8(3)5-4-6-8;1-7(2,3)8-5-4-6-8;/h7H,4-6H2,1-3H3;4-7H2,1-3H3;7-8H,4-6H2,1-3H3;2*7H,4-6H2,1-3H3;4-6H2,1-3H3;1H4. The van der Waals surface area contributed by atoms with Crippen molar-refractivity contribution in [3.05, 3.63) is 0 Å². The molecular formula is C48H101FN4O. The number of ether oxygens (including phenoxy) is 1. The highest BCUT2D eigenvalue weighted by atomic mass is 19.1. The molecule has 2 saturated carbocycles. The van der Waals surface area contributed by atoms with Crippen molar-refractivity contribution in [1.29, 1.82) is 0 Å². The molecule has 0 aromatic heterocycles. The molecule has 5 nitrogen and oxygen atoms in total. The van der Waals surface area contributed by atoms with Crippen molar-refractivity contribution < 1.29 is 9.13 Å². The molecule has 0 radical (unpaired) electrons. The van der Waals surface area contributed by atoms with Crippen LogP contribution in [-0.2, 0) is 4.74 Å². The summed E-state index contributed by atoms with van der Waals surface area (Å²) in [6.07, 6.45) is 10.2. The summed E-state index contributed by atoms with van der Waals surface area (Å²) < 4.78 is 18.1. The van der Waals surface area contributed by atoms with Crippen molar-refractivity contribution in [2.75, 3.05) is 78.7 Å². The average molecular weight is 769 g/mol. The number of rotatable bonds is 5. The highest BCUT2D eigenvalue weighted by molar-refractivity contribution is 4.92. The quantitative estimate of drug-likeness (QED) is 0.277. The Hall–Kier alpha value is -0.270. The molecule has 0 bridgehead atoms. The summed E-state index contributed by atoms with van der Waals surface area (Å²) in [5, 5.41) is 0. The van der Waals surface area contributed by atoms with E-state index in [-0.39, 0.29) is 7.43 Å². The normalized spacial score (nSPS) is 23.2. The van der Waals surface area contributed by atoms with Crippen LogP contribution in [0.25, 0.3) is 0 Å². The predicted molar refractivity (Wildman–Crippen MR) is 240 cm³/mol. The van der Waals surface area contributed by atoms with Gasteiger partial charge in [-0.1, -0.05) is 96.4 Å². The molecule has 6 fully saturated rings. The van der Waals surface area contributed by atoms with Crippen LogP contribution in [0.2, 0.25) is 0 Å². The second kappa shape index (κ2) is 24.0. The molecule has 6 aliphatic rings. The van der Waals surface area contributed by atoms with Crippen LogP contribution in [0.4, 0.5) is 4.39 Å². The van der Waals surface area contributed by atoms with Crippen LogP contribution in [0.1, 0.15) is 177 Å². The molecule has 0 aromatic carbocycles. The third kappa shape index (κ3) is 22.0. The van der Waals surface area contributed by atoms with Crippen LogP contribution >= 0.6 is 0 Å². The molecule has 0 unspecified atom stereocenters. The van der Waals surface area contributed by atoms with Crippen LogP contribution in [0.5, 0.6) is 0 Å². The Bertz CT molecular complexity index is 900. The van der Waals surface area contributed by atoms with E-state index in [4.69, 9.17) is 4.74 Å². The molecule has 0 aromatic rings. The van der Waals surface area contributed by atoms with Gasteiger partial charge in [0.15, 0.2) is 0 Å². The molecule has 54 heavy (non-hydrogen) atoms. The van der Waals surface area contributed by atoms with Gasteiger partial charge in [0.05, 0.1) is 13.2 Å². The minimum Gasteiger partial charge on any atom is -0.379 e. The van der Waals surface area contributed by atoms with Gasteiger partial charge in [0.1, 0.15) is 5.67 Å². The fourth-order valence-electron chi connectivity index (χ4n) is 7.83. The zero-order chi connectivity index (χ0) is 40.8. The lowest BCUT2D eigenvalue weighted by Gasteiger charge is -2.43. The van der Waals surface area contributed by atoms with Crippen molar-refractivity contribution in [2.24, 2.45) is 40.4 Å². The number of hydrogen-bond donors (Lipinski definition) is 0. The van der Waals surface area contributed by atoms with E-state index in [1.807, 2.05) is 0 Å². The summed E-state index contributed by atoms with van der Waals surface area (Å²) in [4.78, 5) is 9.63. The minimum absolute atomic E-state index is 0. The van der Waals surface area contributed by atoms with Gasteiger partial charge in [-0.15, -0.1) is 0 Å². The van der Waals surface area contributed by atoms with Crippen LogP contribution in [0.3, 0.4) is 0 Å². The summed E-state index contributed by atoms with van der Waals surface area (Å²) in [5.41, 5.74) is 1.18. The summed E-state index contributed by atoms with van der Waals surface area (Å²) >= 11 is 0. The molecule has 0 spiro atoms. The largest absolute Gasteiger partial charge is 0.379 e. The molecule has 4 heterocycles. The van der Waals surface area contributed by atoms with Gasteiger partial charge in [-0.05, 0) is 134 Å². The maximum Gasteiger partial charge on any atom is 0.133 e. The van der Waals surface area contributed by atoms with E-state index < -0.39 is 5.67 Å². The summed E-state index contributed by atoms with van der Waals surface area (Å²) in [5.74, 6) is 4.40. The monoisotopic (exact) mass is 769 g/mol. The molecule has 0 amide bonds. The Morgan fingerprint density at radius 1 is 0.648 bits per heavy atom. The lowest BCUT2D eigenvalue weighted by Crippen LogP contribution is -2.57. The molecule has 6 heteroatoms. The summed E-state index contributed by atoms with van der Waals surface area (Å²) in [7, 11) is 0. The first-order chi connectivity index (χ1) is 24.1. The molecule has 0 N–H and O–H groups in total. The van der Waals surface area contributed by atoms with E-state index in [2.05, 4.69) is 137 Å². The van der Waals surface area contributed by atoms with Crippen LogP contribution in [0, 0.1) is 40.4 Å². The molecule has 4 aliphatic heterocycles. The van der Waals surface area contributed by atoms with Gasteiger partial charge >= 0.3 is 0 Å². The van der Waals surface area contributed by atoms with E-state index in [9.17, 15) is 4.39 Å². The van der Waals surface area contributed by atoms with Crippen molar-refractivity contribution in [2.45, 2.75) is 194 Å². The zero-order valence-electron chi connectivity index (χ0n) is 39.4. The Kier molecular flexibility index (Phi) is 23.8. The topological polar surface area (TPSA) is 22.2 Å². The van der Waals surface area contributed by atoms with E-state index in [0.717, 1.165) is 61.9 Å². The SMILES string of the molecule is C.CC(C)(C)C1CCC1.CC(C)(C)N1CCC1.CC(C)(C)N1CCOCC1.CC(C)C1(C)CCC1.CC(C)CN1CC(C)(F)C1.CC(C)CN1CC(C)C1. The van der Waals surface area contributed by atoms with E-state index in [1.165, 1.54) is 77.7 Å². The maximum absolute atomic E-state index is 12.9. The van der Waals surface area contributed by atoms with Gasteiger partial charge in [-0.3, -0.25) is 14.7 Å². The first-order valence-corrected chi connectivity index (χ1v) is 22.4. The molecule has 6 rings (SSSR count). The Balaban J connectivity index is 0.000000623. The predicted octanol–water partition coefficient (Wildman–Crippen LogP) is 12.2. The van der Waals surface area contributed by atoms with Crippen LogP contribution in [0.15, 0.2) is 0 Å². The van der Waals surface area contributed by atoms with Crippen molar-refractivity contribution in [1.82, 2.24) is 19.6 Å². The molecule has 326 valence electrons. The molecule has 0 atom stereocenters. The van der Waals surface area contributed by atoms with Gasteiger partial charge in [-0.25, -0.2) is 4.39 Å². The minimum atomic E-state index is -0.894. The Morgan fingerprint density at radius 2 is 1.07 bits per heavy atom. The lowest BCUT2D eigenvalue weighted by molar-refractivity contribution is -0.0232. The van der Waals surface area contributed by atoms with Gasteiger partial charge < -0.3 is 9.64 Å². The van der Waals surface area contributed by atoms with E-state index >= 15 is 0 Å². The zero-order valence-corrected chi connectivity index (χ0v) is 39.4. The van der Waals surface area contributed by atoms with Gasteiger partial charge in [0, 0.05) is 63.4 Å². The van der Waals surface area contributed by atoms with Gasteiger partial charge in [0.2, 0.25) is 0 Å². The van der Waals surface area contributed by atoms with Crippen molar-refractivity contribution >= 4 is 0 Å². The van der Waals surface area contributed by atoms with Gasteiger partial charge in [-0.2, -0.15) is 0 Å². The lowest BCUT2D eigenvalue weighted by atomic mass is 9.64. The summed E-state index contributed by atoms with van der Waals surface area (Å²) in [6, 6.07) is 0. The van der Waals surface area contributed by atoms with Gasteiger partial charge in [0.25, 0.3) is 0 Å². The number of morpholine rings is 1. The average Bonchev–Trinajstić information content (AvgIpc) is 2.87. The van der Waals surface area contributed by atoms with E-state index in [0.29, 0.717) is 35.5 Å². The maximum atomic E-state index is 12.9. The van der Waals surface area contributed by atoms with E-state index in [1.54, 1.807) is 6.92 Å². The first-order valence-electron chi connectivity index (χ1n) is 22.4. The smallest absolute Gasteiger partial charge is 0.133 e. The second-order valence-electron chi connectivity index (χ2n) is 22.6. The third-order valence-corrected chi connectivity index (χ3v) is 12.5. The Morgan fingerprint density at radius 3 is 1.24 bits per heavy atom. The fraction of sp³-hybridized carbons (Fsp3) is 1.00. The highest BCUT2D eigenvalue weighted by Crippen LogP contribution is 2.46. The number of halogens is 1. The number of likely N-dealkylation sites (tertiary alicyclic amines) is 3. The third-order valence-electron chi connectivity index (χ3n) is 12.5. The molecule has 4 saturated heterocycles. The summed E-state index contributed by atoms with van der Waals surface area (Å²) in [6.45, 7) is 53.4. The molecule has 2 aliphatic carbocycles. The van der Waals surface area contributed by atoms with Crippen molar-refractivity contribution in [3.63, 3.8) is 0 Å². The number of alkyl halides is 1. The fourth-order valence-corrected chi connectivity index (χ4v) is 7.83. The van der Waals surface area contributed by atoms with Crippen LogP contribution < -0.4 is 0 Å². The number of hydrogen-bond acceptors (Lipinski definition) is 5. The van der Waals surface area contributed by atoms with Crippen LogP contribution in [-0.4, -0.2) is 115 Å². The molecular weight excluding hydrogens is 668 g/mol. The number of nitrogens with zero attached hydrogens (tertiary/aromatic N) is 4. The van der Waals surface area contributed by atoms with Crippen molar-refractivity contribution in [3.8, 4) is 0 Å². The second-order valence-corrected chi connectivity index (χ2v) is 22.6.